The van der Waals surface area contributed by atoms with Crippen LogP contribution < -0.4 is 0 Å². The molecule has 1 N–H and O–H groups in total. The van der Waals surface area contributed by atoms with Crippen molar-refractivity contribution in [3.63, 3.8) is 0 Å². The molecule has 0 radical (unpaired) electrons. The molecule has 19 heavy (non-hydrogen) atoms. The first kappa shape index (κ1) is 14.1. The summed E-state index contributed by atoms with van der Waals surface area (Å²) in [7, 11) is 1.84. The van der Waals surface area contributed by atoms with Crippen LogP contribution in [0.2, 0.25) is 0 Å². The first-order valence-corrected chi connectivity index (χ1v) is 7.05. The summed E-state index contributed by atoms with van der Waals surface area (Å²) < 4.78 is 0. The summed E-state index contributed by atoms with van der Waals surface area (Å²) >= 11 is 0. The minimum Gasteiger partial charge on any atom is -0.393 e. The molecule has 1 unspecified atom stereocenters. The maximum Gasteiger partial charge on any atom is 0.232 e. The van der Waals surface area contributed by atoms with Crippen LogP contribution in [0.4, 0.5) is 0 Å². The number of nitrogens with zero attached hydrogens (tertiary/aromatic N) is 1. The highest BCUT2D eigenvalue weighted by molar-refractivity contribution is 5.89. The van der Waals surface area contributed by atoms with E-state index in [0.29, 0.717) is 13.0 Å². The average Bonchev–Trinajstić information content (AvgIpc) is 2.35. The highest BCUT2D eigenvalue weighted by Gasteiger charge is 2.46. The summed E-state index contributed by atoms with van der Waals surface area (Å²) in [5.41, 5.74) is 0.824. The van der Waals surface area contributed by atoms with Crippen molar-refractivity contribution >= 4 is 5.91 Å². The van der Waals surface area contributed by atoms with Crippen molar-refractivity contribution in [3.05, 3.63) is 35.9 Å². The van der Waals surface area contributed by atoms with Gasteiger partial charge < -0.3 is 10.0 Å². The van der Waals surface area contributed by atoms with Gasteiger partial charge in [0.05, 0.1) is 11.5 Å². The van der Waals surface area contributed by atoms with Crippen LogP contribution in [0.1, 0.15) is 38.2 Å². The third kappa shape index (κ3) is 2.81. The Hall–Kier alpha value is -1.35. The standard InChI is InChI=1S/C16H23NO2/c1-13(18)9-12-17(2)15(19)16(10-6-11-16)14-7-4-3-5-8-14/h3-5,7-8,13,18H,6,9-12H2,1-2H3. The molecule has 0 aromatic heterocycles. The third-order valence-electron chi connectivity index (χ3n) is 4.17. The van der Waals surface area contributed by atoms with E-state index >= 15 is 0 Å². The van der Waals surface area contributed by atoms with Crippen LogP contribution in [0.5, 0.6) is 0 Å². The largest absolute Gasteiger partial charge is 0.393 e. The molecule has 1 aromatic carbocycles. The van der Waals surface area contributed by atoms with Gasteiger partial charge in [-0.2, -0.15) is 0 Å². The molecule has 1 amide bonds. The van der Waals surface area contributed by atoms with E-state index in [1.165, 1.54) is 0 Å². The van der Waals surface area contributed by atoms with Crippen LogP contribution in [0, 0.1) is 0 Å². The molecule has 1 aromatic rings. The van der Waals surface area contributed by atoms with E-state index in [-0.39, 0.29) is 17.4 Å². The van der Waals surface area contributed by atoms with Crippen molar-refractivity contribution < 1.29 is 9.90 Å². The van der Waals surface area contributed by atoms with Gasteiger partial charge in [-0.05, 0) is 31.7 Å². The van der Waals surface area contributed by atoms with Gasteiger partial charge in [-0.25, -0.2) is 0 Å². The predicted octanol–water partition coefficient (Wildman–Crippen LogP) is 2.34. The molecule has 0 spiro atoms. The third-order valence-corrected chi connectivity index (χ3v) is 4.17. The number of hydrogen-bond donors (Lipinski definition) is 1. The summed E-state index contributed by atoms with van der Waals surface area (Å²) in [4.78, 5) is 14.5. The highest BCUT2D eigenvalue weighted by atomic mass is 16.3. The molecule has 104 valence electrons. The second-order valence-electron chi connectivity index (χ2n) is 5.67. The normalized spacial score (nSPS) is 18.5. The molecule has 0 aliphatic heterocycles. The van der Waals surface area contributed by atoms with Gasteiger partial charge in [0, 0.05) is 13.6 Å². The Morgan fingerprint density at radius 3 is 2.47 bits per heavy atom. The Balaban J connectivity index is 2.11. The van der Waals surface area contributed by atoms with E-state index in [2.05, 4.69) is 12.1 Å². The van der Waals surface area contributed by atoms with Crippen LogP contribution >= 0.6 is 0 Å². The Bertz CT molecular complexity index is 424. The van der Waals surface area contributed by atoms with Gasteiger partial charge in [0.15, 0.2) is 0 Å². The smallest absolute Gasteiger partial charge is 0.232 e. The van der Waals surface area contributed by atoms with Crippen molar-refractivity contribution in [2.24, 2.45) is 0 Å². The summed E-state index contributed by atoms with van der Waals surface area (Å²) in [5.74, 6) is 0.200. The maximum absolute atomic E-state index is 12.7. The van der Waals surface area contributed by atoms with Crippen LogP contribution in [0.15, 0.2) is 30.3 Å². The molecule has 1 aliphatic rings. The minimum atomic E-state index is -0.357. The Morgan fingerprint density at radius 1 is 1.37 bits per heavy atom. The van der Waals surface area contributed by atoms with Crippen molar-refractivity contribution in [2.45, 2.75) is 44.1 Å². The molecule has 2 rings (SSSR count). The second-order valence-corrected chi connectivity index (χ2v) is 5.67. The predicted molar refractivity (Wildman–Crippen MR) is 75.9 cm³/mol. The van der Waals surface area contributed by atoms with E-state index in [1.807, 2.05) is 25.2 Å². The molecule has 0 saturated heterocycles. The fourth-order valence-electron chi connectivity index (χ4n) is 2.76. The number of aliphatic hydroxyl groups excluding tert-OH is 1. The molecule has 1 atom stereocenters. The summed E-state index contributed by atoms with van der Waals surface area (Å²) in [6.45, 7) is 2.37. The van der Waals surface area contributed by atoms with Crippen LogP contribution in [0.25, 0.3) is 0 Å². The lowest BCUT2D eigenvalue weighted by atomic mass is 9.63. The number of hydrogen-bond acceptors (Lipinski definition) is 2. The fraction of sp³-hybridized carbons (Fsp3) is 0.562. The summed E-state index contributed by atoms with van der Waals surface area (Å²) in [6.07, 6.45) is 3.27. The number of likely N-dealkylation sites (N-methyl/N-ethyl adjacent to an activating group) is 1. The number of benzene rings is 1. The lowest BCUT2D eigenvalue weighted by molar-refractivity contribution is -0.139. The van der Waals surface area contributed by atoms with Crippen LogP contribution in [-0.4, -0.2) is 35.6 Å². The van der Waals surface area contributed by atoms with Gasteiger partial charge in [-0.3, -0.25) is 4.79 Å². The van der Waals surface area contributed by atoms with E-state index < -0.39 is 0 Å². The molecule has 1 fully saturated rings. The first-order valence-electron chi connectivity index (χ1n) is 7.05. The number of aliphatic hydroxyl groups is 1. The zero-order chi connectivity index (χ0) is 13.9. The molecular weight excluding hydrogens is 238 g/mol. The zero-order valence-electron chi connectivity index (χ0n) is 11.8. The minimum absolute atomic E-state index is 0.200. The molecular formula is C16H23NO2. The molecule has 1 saturated carbocycles. The van der Waals surface area contributed by atoms with Gasteiger partial charge in [-0.1, -0.05) is 36.8 Å². The van der Waals surface area contributed by atoms with Crippen LogP contribution in [-0.2, 0) is 10.2 Å². The second kappa shape index (κ2) is 5.74. The van der Waals surface area contributed by atoms with E-state index in [0.717, 1.165) is 24.8 Å². The lowest BCUT2D eigenvalue weighted by Crippen LogP contribution is -2.50. The fourth-order valence-corrected chi connectivity index (χ4v) is 2.76. The van der Waals surface area contributed by atoms with Crippen LogP contribution in [0.3, 0.4) is 0 Å². The molecule has 0 heterocycles. The number of carbonyl (C=O) groups excluding carboxylic acids is 1. The highest BCUT2D eigenvalue weighted by Crippen LogP contribution is 2.44. The molecule has 1 aliphatic carbocycles. The number of carbonyl (C=O) groups is 1. The van der Waals surface area contributed by atoms with E-state index in [4.69, 9.17) is 0 Å². The first-order chi connectivity index (χ1) is 9.06. The van der Waals surface area contributed by atoms with Gasteiger partial charge in [0.2, 0.25) is 5.91 Å². The molecule has 3 heteroatoms. The van der Waals surface area contributed by atoms with E-state index in [1.54, 1.807) is 11.8 Å². The average molecular weight is 261 g/mol. The maximum atomic E-state index is 12.7. The van der Waals surface area contributed by atoms with Gasteiger partial charge >= 0.3 is 0 Å². The lowest BCUT2D eigenvalue weighted by Gasteiger charge is -2.43. The molecule has 3 nitrogen and oxygen atoms in total. The monoisotopic (exact) mass is 261 g/mol. The Kier molecular flexibility index (Phi) is 4.25. The van der Waals surface area contributed by atoms with Crippen molar-refractivity contribution in [1.29, 1.82) is 0 Å². The van der Waals surface area contributed by atoms with Crippen molar-refractivity contribution in [3.8, 4) is 0 Å². The topological polar surface area (TPSA) is 40.5 Å². The number of amides is 1. The van der Waals surface area contributed by atoms with E-state index in [9.17, 15) is 9.90 Å². The zero-order valence-corrected chi connectivity index (χ0v) is 11.8. The van der Waals surface area contributed by atoms with Gasteiger partial charge in [-0.15, -0.1) is 0 Å². The quantitative estimate of drug-likeness (QED) is 0.883. The summed E-state index contributed by atoms with van der Waals surface area (Å²) in [5, 5.41) is 9.34. The summed E-state index contributed by atoms with van der Waals surface area (Å²) in [6, 6.07) is 10.1. The number of rotatable bonds is 5. The SMILES string of the molecule is CC(O)CCN(C)C(=O)C1(c2ccccc2)CCC1. The molecule has 0 bridgehead atoms. The van der Waals surface area contributed by atoms with Gasteiger partial charge in [0.1, 0.15) is 0 Å². The Labute approximate surface area is 115 Å². The van der Waals surface area contributed by atoms with Crippen molar-refractivity contribution in [2.75, 3.05) is 13.6 Å². The van der Waals surface area contributed by atoms with Gasteiger partial charge in [0.25, 0.3) is 0 Å². The Morgan fingerprint density at radius 2 is 2.00 bits per heavy atom. The van der Waals surface area contributed by atoms with Crippen molar-refractivity contribution in [1.82, 2.24) is 4.90 Å².